The quantitative estimate of drug-likeness (QED) is 0.777. The summed E-state index contributed by atoms with van der Waals surface area (Å²) in [5.74, 6) is 0.348. The lowest BCUT2D eigenvalue weighted by atomic mass is 10.1. The SMILES string of the molecule is CC(C)CC(Cl)CNC(=O)c1cc(Cl)ccc1Br. The molecule has 2 nitrogen and oxygen atoms in total. The van der Waals surface area contributed by atoms with E-state index in [1.54, 1.807) is 18.2 Å². The van der Waals surface area contributed by atoms with Crippen molar-refractivity contribution < 1.29 is 4.79 Å². The minimum absolute atomic E-state index is 0.0492. The normalized spacial score (nSPS) is 12.6. The highest BCUT2D eigenvalue weighted by atomic mass is 79.9. The van der Waals surface area contributed by atoms with Crippen LogP contribution < -0.4 is 5.32 Å². The molecule has 0 saturated carbocycles. The minimum Gasteiger partial charge on any atom is -0.351 e. The first-order valence-corrected chi connectivity index (χ1v) is 7.38. The van der Waals surface area contributed by atoms with Gasteiger partial charge in [-0.25, -0.2) is 0 Å². The van der Waals surface area contributed by atoms with Crippen LogP contribution in [0.1, 0.15) is 30.6 Å². The average molecular weight is 353 g/mol. The Hall–Kier alpha value is -0.250. The predicted octanol–water partition coefficient (Wildman–Crippen LogP) is 4.49. The summed E-state index contributed by atoms with van der Waals surface area (Å²) in [6.07, 6.45) is 0.874. The molecule has 0 aliphatic carbocycles. The van der Waals surface area contributed by atoms with E-state index in [-0.39, 0.29) is 11.3 Å². The Balaban J connectivity index is 2.58. The molecule has 1 atom stereocenters. The van der Waals surface area contributed by atoms with E-state index in [0.29, 0.717) is 23.0 Å². The lowest BCUT2D eigenvalue weighted by molar-refractivity contribution is 0.0952. The van der Waals surface area contributed by atoms with Gasteiger partial charge in [0.15, 0.2) is 0 Å². The van der Waals surface area contributed by atoms with Crippen molar-refractivity contribution in [2.24, 2.45) is 5.92 Å². The van der Waals surface area contributed by atoms with Gasteiger partial charge in [0.2, 0.25) is 0 Å². The third-order valence-corrected chi connectivity index (χ3v) is 3.64. The summed E-state index contributed by atoms with van der Waals surface area (Å²) in [6, 6.07) is 5.11. The second kappa shape index (κ2) is 7.37. The second-order valence-corrected chi connectivity index (χ2v) is 6.47. The van der Waals surface area contributed by atoms with Gasteiger partial charge in [0.05, 0.1) is 10.9 Å². The fraction of sp³-hybridized carbons (Fsp3) is 0.462. The zero-order valence-electron chi connectivity index (χ0n) is 10.3. The highest BCUT2D eigenvalue weighted by molar-refractivity contribution is 9.10. The highest BCUT2D eigenvalue weighted by Gasteiger charge is 2.13. The van der Waals surface area contributed by atoms with Crippen LogP contribution in [0, 0.1) is 5.92 Å². The molecule has 0 radical (unpaired) electrons. The monoisotopic (exact) mass is 351 g/mol. The zero-order chi connectivity index (χ0) is 13.7. The van der Waals surface area contributed by atoms with E-state index in [2.05, 4.69) is 35.1 Å². The van der Waals surface area contributed by atoms with Gasteiger partial charge in [-0.2, -0.15) is 0 Å². The standard InChI is InChI=1S/C13H16BrCl2NO/c1-8(2)5-10(16)7-17-13(18)11-6-9(15)3-4-12(11)14/h3-4,6,8,10H,5,7H2,1-2H3,(H,17,18). The first kappa shape index (κ1) is 15.8. The Bertz CT molecular complexity index is 423. The summed E-state index contributed by atoms with van der Waals surface area (Å²) in [6.45, 7) is 4.66. The summed E-state index contributed by atoms with van der Waals surface area (Å²) in [5, 5.41) is 3.30. The first-order valence-electron chi connectivity index (χ1n) is 5.77. The lowest BCUT2D eigenvalue weighted by Crippen LogP contribution is -2.30. The molecular weight excluding hydrogens is 337 g/mol. The van der Waals surface area contributed by atoms with Crippen molar-refractivity contribution in [3.63, 3.8) is 0 Å². The maximum atomic E-state index is 11.9. The van der Waals surface area contributed by atoms with Crippen LogP contribution >= 0.6 is 39.1 Å². The minimum atomic E-state index is -0.168. The number of halogens is 3. The van der Waals surface area contributed by atoms with E-state index in [1.165, 1.54) is 0 Å². The topological polar surface area (TPSA) is 29.1 Å². The second-order valence-electron chi connectivity index (χ2n) is 4.56. The van der Waals surface area contributed by atoms with Gasteiger partial charge in [0.1, 0.15) is 0 Å². The van der Waals surface area contributed by atoms with Gasteiger partial charge in [0.25, 0.3) is 5.91 Å². The number of carbonyl (C=O) groups is 1. The number of hydrogen-bond donors (Lipinski definition) is 1. The number of alkyl halides is 1. The summed E-state index contributed by atoms with van der Waals surface area (Å²) in [4.78, 5) is 11.9. The summed E-state index contributed by atoms with van der Waals surface area (Å²) in [5.41, 5.74) is 0.524. The van der Waals surface area contributed by atoms with Crippen LogP contribution in [0.15, 0.2) is 22.7 Å². The molecule has 1 N–H and O–H groups in total. The number of rotatable bonds is 5. The largest absolute Gasteiger partial charge is 0.351 e. The van der Waals surface area contributed by atoms with Crippen LogP contribution in [-0.4, -0.2) is 17.8 Å². The third-order valence-electron chi connectivity index (χ3n) is 2.38. The number of carbonyl (C=O) groups excluding carboxylic acids is 1. The van der Waals surface area contributed by atoms with Gasteiger partial charge in [-0.05, 0) is 46.5 Å². The molecule has 100 valence electrons. The highest BCUT2D eigenvalue weighted by Crippen LogP contribution is 2.21. The van der Waals surface area contributed by atoms with E-state index < -0.39 is 0 Å². The molecule has 1 amide bonds. The van der Waals surface area contributed by atoms with Gasteiger partial charge in [0, 0.05) is 16.0 Å². The molecule has 1 aromatic rings. The Labute approximate surface area is 126 Å². The van der Waals surface area contributed by atoms with Gasteiger partial charge < -0.3 is 5.32 Å². The fourth-order valence-corrected chi connectivity index (χ4v) is 2.60. The molecular formula is C13H16BrCl2NO. The van der Waals surface area contributed by atoms with Crippen LogP contribution in [0.5, 0.6) is 0 Å². The van der Waals surface area contributed by atoms with E-state index in [1.807, 2.05) is 0 Å². The molecule has 0 aromatic heterocycles. The number of benzene rings is 1. The van der Waals surface area contributed by atoms with E-state index >= 15 is 0 Å². The number of hydrogen-bond acceptors (Lipinski definition) is 1. The number of nitrogens with one attached hydrogen (secondary N) is 1. The van der Waals surface area contributed by atoms with E-state index in [0.717, 1.165) is 10.9 Å². The van der Waals surface area contributed by atoms with Crippen molar-refractivity contribution in [1.29, 1.82) is 0 Å². The van der Waals surface area contributed by atoms with Gasteiger partial charge >= 0.3 is 0 Å². The third kappa shape index (κ3) is 5.17. The summed E-state index contributed by atoms with van der Waals surface area (Å²) >= 11 is 15.3. The fourth-order valence-electron chi connectivity index (χ4n) is 1.57. The van der Waals surface area contributed by atoms with Crippen molar-refractivity contribution in [2.75, 3.05) is 6.54 Å². The molecule has 0 saturated heterocycles. The van der Waals surface area contributed by atoms with E-state index in [9.17, 15) is 4.79 Å². The van der Waals surface area contributed by atoms with Crippen LogP contribution in [0.25, 0.3) is 0 Å². The smallest absolute Gasteiger partial charge is 0.252 e. The molecule has 0 aliphatic heterocycles. The molecule has 1 rings (SSSR count). The van der Waals surface area contributed by atoms with Crippen molar-refractivity contribution in [3.05, 3.63) is 33.3 Å². The molecule has 1 unspecified atom stereocenters. The number of amides is 1. The van der Waals surface area contributed by atoms with Crippen molar-refractivity contribution in [2.45, 2.75) is 25.6 Å². The maximum Gasteiger partial charge on any atom is 0.252 e. The Morgan fingerprint density at radius 1 is 1.44 bits per heavy atom. The van der Waals surface area contributed by atoms with Crippen LogP contribution in [-0.2, 0) is 0 Å². The van der Waals surface area contributed by atoms with Gasteiger partial charge in [-0.15, -0.1) is 11.6 Å². The van der Waals surface area contributed by atoms with Gasteiger partial charge in [-0.1, -0.05) is 25.4 Å². The van der Waals surface area contributed by atoms with Crippen molar-refractivity contribution >= 4 is 45.0 Å². The molecule has 0 bridgehead atoms. The zero-order valence-corrected chi connectivity index (χ0v) is 13.4. The van der Waals surface area contributed by atoms with Gasteiger partial charge in [-0.3, -0.25) is 4.79 Å². The van der Waals surface area contributed by atoms with Crippen molar-refractivity contribution in [1.82, 2.24) is 5.32 Å². The molecule has 18 heavy (non-hydrogen) atoms. The molecule has 5 heteroatoms. The summed E-state index contributed by atoms with van der Waals surface area (Å²) < 4.78 is 0.722. The molecule has 0 aliphatic rings. The Kier molecular flexibility index (Phi) is 6.47. The molecule has 0 heterocycles. The maximum absolute atomic E-state index is 11.9. The Morgan fingerprint density at radius 3 is 2.72 bits per heavy atom. The average Bonchev–Trinajstić information content (AvgIpc) is 2.28. The van der Waals surface area contributed by atoms with Crippen LogP contribution in [0.3, 0.4) is 0 Å². The summed E-state index contributed by atoms with van der Waals surface area (Å²) in [7, 11) is 0. The lowest BCUT2D eigenvalue weighted by Gasteiger charge is -2.13. The van der Waals surface area contributed by atoms with Crippen LogP contribution in [0.4, 0.5) is 0 Å². The molecule has 0 spiro atoms. The Morgan fingerprint density at radius 2 is 2.11 bits per heavy atom. The predicted molar refractivity (Wildman–Crippen MR) is 80.6 cm³/mol. The first-order chi connectivity index (χ1) is 8.40. The van der Waals surface area contributed by atoms with E-state index in [4.69, 9.17) is 23.2 Å². The van der Waals surface area contributed by atoms with Crippen molar-refractivity contribution in [3.8, 4) is 0 Å². The molecule has 0 fully saturated rings. The molecule has 1 aromatic carbocycles. The van der Waals surface area contributed by atoms with Crippen LogP contribution in [0.2, 0.25) is 5.02 Å².